The Morgan fingerprint density at radius 2 is 1.95 bits per heavy atom. The fourth-order valence-electron chi connectivity index (χ4n) is 1.69. The van der Waals surface area contributed by atoms with Crippen LogP contribution in [0.4, 0.5) is 0 Å². The highest BCUT2D eigenvalue weighted by Crippen LogP contribution is 2.30. The van der Waals surface area contributed by atoms with Crippen molar-refractivity contribution in [3.05, 3.63) is 28.8 Å². The van der Waals surface area contributed by atoms with Crippen LogP contribution in [0.3, 0.4) is 0 Å². The van der Waals surface area contributed by atoms with E-state index < -0.39 is 0 Å². The molecule has 1 aromatic carbocycles. The number of aliphatic hydroxyl groups excluding tert-OH is 1. The minimum absolute atomic E-state index is 0.113. The molecule has 0 aliphatic carbocycles. The standard InChI is InChI=1S/C13H16N2O5/c1-18-4-5-20-11-6-9-10(14-8-15-13(9)17)7-12(11)19-3-2-16/h6-8,16H,2-5H2,1H3,(H,14,15,17). The van der Waals surface area contributed by atoms with Crippen molar-refractivity contribution in [3.8, 4) is 11.5 Å². The van der Waals surface area contributed by atoms with Gasteiger partial charge in [0.1, 0.15) is 13.2 Å². The first kappa shape index (κ1) is 14.3. The highest BCUT2D eigenvalue weighted by molar-refractivity contribution is 5.81. The second kappa shape index (κ2) is 6.88. The van der Waals surface area contributed by atoms with Crippen molar-refractivity contribution in [1.29, 1.82) is 0 Å². The molecule has 108 valence electrons. The van der Waals surface area contributed by atoms with Crippen LogP contribution in [0.25, 0.3) is 10.9 Å². The van der Waals surface area contributed by atoms with Gasteiger partial charge in [-0.05, 0) is 6.07 Å². The molecule has 2 N–H and O–H groups in total. The lowest BCUT2D eigenvalue weighted by molar-refractivity contribution is 0.141. The van der Waals surface area contributed by atoms with Crippen molar-refractivity contribution in [3.63, 3.8) is 0 Å². The van der Waals surface area contributed by atoms with E-state index in [0.717, 1.165) is 0 Å². The number of rotatable bonds is 7. The number of hydrogen-bond acceptors (Lipinski definition) is 6. The topological polar surface area (TPSA) is 93.7 Å². The van der Waals surface area contributed by atoms with Crippen LogP contribution in [0, 0.1) is 0 Å². The van der Waals surface area contributed by atoms with Crippen LogP contribution in [-0.2, 0) is 4.74 Å². The number of fused-ring (bicyclic) bond motifs is 1. The Morgan fingerprint density at radius 1 is 1.20 bits per heavy atom. The van der Waals surface area contributed by atoms with Gasteiger partial charge in [-0.3, -0.25) is 4.79 Å². The number of nitrogens with one attached hydrogen (secondary N) is 1. The maximum absolute atomic E-state index is 11.7. The van der Waals surface area contributed by atoms with Gasteiger partial charge in [0.2, 0.25) is 0 Å². The predicted octanol–water partition coefficient (Wildman–Crippen LogP) is 0.319. The van der Waals surface area contributed by atoms with E-state index >= 15 is 0 Å². The molecule has 1 aromatic heterocycles. The third-order valence-electron chi connectivity index (χ3n) is 2.60. The number of nitrogens with zero attached hydrogens (tertiary/aromatic N) is 1. The van der Waals surface area contributed by atoms with Crippen molar-refractivity contribution in [1.82, 2.24) is 9.97 Å². The zero-order chi connectivity index (χ0) is 14.4. The minimum atomic E-state index is -0.250. The maximum Gasteiger partial charge on any atom is 0.258 e. The Balaban J connectivity index is 2.38. The summed E-state index contributed by atoms with van der Waals surface area (Å²) >= 11 is 0. The van der Waals surface area contributed by atoms with Crippen LogP contribution in [-0.4, -0.2) is 48.6 Å². The van der Waals surface area contributed by atoms with Crippen LogP contribution in [0.15, 0.2) is 23.3 Å². The summed E-state index contributed by atoms with van der Waals surface area (Å²) < 4.78 is 15.8. The molecular formula is C13H16N2O5. The van der Waals surface area contributed by atoms with E-state index in [-0.39, 0.29) is 18.8 Å². The molecule has 0 aliphatic rings. The first-order chi connectivity index (χ1) is 9.76. The summed E-state index contributed by atoms with van der Waals surface area (Å²) in [5.74, 6) is 0.849. The fourth-order valence-corrected chi connectivity index (χ4v) is 1.69. The van der Waals surface area contributed by atoms with E-state index in [0.29, 0.717) is 35.6 Å². The lowest BCUT2D eigenvalue weighted by atomic mass is 10.2. The van der Waals surface area contributed by atoms with Gasteiger partial charge in [-0.1, -0.05) is 0 Å². The molecule has 2 rings (SSSR count). The molecule has 0 spiro atoms. The van der Waals surface area contributed by atoms with Crippen LogP contribution in [0.2, 0.25) is 0 Å². The summed E-state index contributed by atoms with van der Waals surface area (Å²) in [6.45, 7) is 0.768. The molecular weight excluding hydrogens is 264 g/mol. The predicted molar refractivity (Wildman–Crippen MR) is 72.3 cm³/mol. The number of aliphatic hydroxyl groups is 1. The van der Waals surface area contributed by atoms with E-state index in [1.165, 1.54) is 6.33 Å². The van der Waals surface area contributed by atoms with Crippen LogP contribution >= 0.6 is 0 Å². The molecule has 2 aromatic rings. The number of benzene rings is 1. The molecule has 0 fully saturated rings. The SMILES string of the molecule is COCCOc1cc2c(=O)[nH]cnc2cc1OCCO. The van der Waals surface area contributed by atoms with Gasteiger partial charge < -0.3 is 24.3 Å². The molecule has 0 saturated carbocycles. The zero-order valence-corrected chi connectivity index (χ0v) is 11.1. The van der Waals surface area contributed by atoms with E-state index in [4.69, 9.17) is 19.3 Å². The molecule has 20 heavy (non-hydrogen) atoms. The van der Waals surface area contributed by atoms with Crippen LogP contribution < -0.4 is 15.0 Å². The number of ether oxygens (including phenoxy) is 3. The number of methoxy groups -OCH3 is 1. The minimum Gasteiger partial charge on any atom is -0.487 e. The number of aromatic amines is 1. The summed E-state index contributed by atoms with van der Waals surface area (Å²) in [7, 11) is 1.57. The zero-order valence-electron chi connectivity index (χ0n) is 11.1. The third kappa shape index (κ3) is 3.25. The highest BCUT2D eigenvalue weighted by atomic mass is 16.5. The highest BCUT2D eigenvalue weighted by Gasteiger charge is 2.10. The average molecular weight is 280 g/mol. The van der Waals surface area contributed by atoms with Crippen LogP contribution in [0.1, 0.15) is 0 Å². The van der Waals surface area contributed by atoms with Crippen molar-refractivity contribution in [2.24, 2.45) is 0 Å². The normalized spacial score (nSPS) is 10.7. The van der Waals surface area contributed by atoms with Gasteiger partial charge in [0.25, 0.3) is 5.56 Å². The van der Waals surface area contributed by atoms with Gasteiger partial charge in [-0.2, -0.15) is 0 Å². The fraction of sp³-hybridized carbons (Fsp3) is 0.385. The van der Waals surface area contributed by atoms with Gasteiger partial charge in [0.05, 0.1) is 30.4 Å². The van der Waals surface area contributed by atoms with Gasteiger partial charge in [0, 0.05) is 13.2 Å². The average Bonchev–Trinajstić information content (AvgIpc) is 2.46. The number of hydrogen-bond donors (Lipinski definition) is 2. The molecule has 0 amide bonds. The largest absolute Gasteiger partial charge is 0.487 e. The smallest absolute Gasteiger partial charge is 0.258 e. The van der Waals surface area contributed by atoms with Crippen molar-refractivity contribution in [2.45, 2.75) is 0 Å². The Kier molecular flexibility index (Phi) is 4.91. The van der Waals surface area contributed by atoms with Gasteiger partial charge >= 0.3 is 0 Å². The van der Waals surface area contributed by atoms with Gasteiger partial charge in [0.15, 0.2) is 11.5 Å². The summed E-state index contributed by atoms with van der Waals surface area (Å²) in [5, 5.41) is 9.25. The molecule has 0 saturated heterocycles. The molecule has 0 radical (unpaired) electrons. The summed E-state index contributed by atoms with van der Waals surface area (Å²) in [4.78, 5) is 18.3. The van der Waals surface area contributed by atoms with Gasteiger partial charge in [-0.25, -0.2) is 4.98 Å². The summed E-state index contributed by atoms with van der Waals surface area (Å²) in [6, 6.07) is 3.19. The molecule has 0 unspecified atom stereocenters. The van der Waals surface area contributed by atoms with Gasteiger partial charge in [-0.15, -0.1) is 0 Å². The molecule has 7 heteroatoms. The monoisotopic (exact) mass is 280 g/mol. The van der Waals surface area contributed by atoms with E-state index in [2.05, 4.69) is 9.97 Å². The molecule has 0 bridgehead atoms. The Hall–Kier alpha value is -2.12. The van der Waals surface area contributed by atoms with Crippen molar-refractivity contribution in [2.75, 3.05) is 33.5 Å². The number of H-pyrrole nitrogens is 1. The lowest BCUT2D eigenvalue weighted by Crippen LogP contribution is -2.10. The summed E-state index contributed by atoms with van der Waals surface area (Å²) in [5.41, 5.74) is 0.251. The molecule has 0 atom stereocenters. The van der Waals surface area contributed by atoms with E-state index in [1.807, 2.05) is 0 Å². The lowest BCUT2D eigenvalue weighted by Gasteiger charge is -2.12. The first-order valence-corrected chi connectivity index (χ1v) is 6.13. The third-order valence-corrected chi connectivity index (χ3v) is 2.60. The van der Waals surface area contributed by atoms with Crippen molar-refractivity contribution < 1.29 is 19.3 Å². The Morgan fingerprint density at radius 3 is 2.70 bits per heavy atom. The number of aromatic nitrogens is 2. The molecule has 7 nitrogen and oxygen atoms in total. The van der Waals surface area contributed by atoms with E-state index in [1.54, 1.807) is 19.2 Å². The quantitative estimate of drug-likeness (QED) is 0.709. The first-order valence-electron chi connectivity index (χ1n) is 6.13. The second-order valence-electron chi connectivity index (χ2n) is 3.96. The Labute approximate surface area is 115 Å². The van der Waals surface area contributed by atoms with E-state index in [9.17, 15) is 4.79 Å². The maximum atomic E-state index is 11.7. The van der Waals surface area contributed by atoms with Crippen molar-refractivity contribution >= 4 is 10.9 Å². The molecule has 0 aliphatic heterocycles. The molecule has 1 heterocycles. The Bertz CT molecular complexity index is 626. The van der Waals surface area contributed by atoms with Crippen LogP contribution in [0.5, 0.6) is 11.5 Å². The second-order valence-corrected chi connectivity index (χ2v) is 3.96. The summed E-state index contributed by atoms with van der Waals surface area (Å²) in [6.07, 6.45) is 1.33.